The molecular weight excluding hydrogens is 358 g/mol. The van der Waals surface area contributed by atoms with Gasteiger partial charge in [-0.1, -0.05) is 36.4 Å². The number of nitrogens with zero attached hydrogens (tertiary/aromatic N) is 2. The largest absolute Gasteiger partial charge is 0.265 e. The van der Waals surface area contributed by atoms with Gasteiger partial charge >= 0.3 is 0 Å². The Morgan fingerprint density at radius 1 is 0.963 bits per heavy atom. The van der Waals surface area contributed by atoms with Gasteiger partial charge in [0.2, 0.25) is 10.0 Å². The lowest BCUT2D eigenvalue weighted by atomic mass is 10.1. The molecule has 0 radical (unpaired) electrons. The number of nitrogens with one attached hydrogen (secondary N) is 1. The fourth-order valence-corrected chi connectivity index (χ4v) is 4.11. The summed E-state index contributed by atoms with van der Waals surface area (Å²) in [5, 5.41) is 4.59. The van der Waals surface area contributed by atoms with Crippen molar-refractivity contribution in [2.24, 2.45) is 0 Å². The molecule has 1 heterocycles. The first kappa shape index (κ1) is 19.3. The predicted octanol–water partition coefficient (Wildman–Crippen LogP) is 3.64. The van der Waals surface area contributed by atoms with Crippen LogP contribution in [0.3, 0.4) is 0 Å². The number of aromatic nitrogens is 2. The third kappa shape index (κ3) is 4.28. The third-order valence-electron chi connectivity index (χ3n) is 4.93. The summed E-state index contributed by atoms with van der Waals surface area (Å²) in [5.74, 6) is 0. The normalized spacial score (nSPS) is 11.7. The number of hydrogen-bond acceptors (Lipinski definition) is 3. The van der Waals surface area contributed by atoms with Gasteiger partial charge in [-0.2, -0.15) is 5.10 Å². The van der Waals surface area contributed by atoms with Gasteiger partial charge in [-0.25, -0.2) is 13.1 Å². The van der Waals surface area contributed by atoms with Crippen molar-refractivity contribution in [2.75, 3.05) is 0 Å². The van der Waals surface area contributed by atoms with E-state index >= 15 is 0 Å². The molecule has 1 aromatic heterocycles. The molecule has 2 aromatic carbocycles. The number of hydrogen-bond donors (Lipinski definition) is 1. The average Bonchev–Trinajstić information content (AvgIpc) is 2.89. The molecule has 0 fully saturated rings. The molecule has 0 aliphatic heterocycles. The molecule has 0 amide bonds. The van der Waals surface area contributed by atoms with Crippen LogP contribution in [-0.4, -0.2) is 18.2 Å². The van der Waals surface area contributed by atoms with Crippen LogP contribution in [-0.2, 0) is 23.1 Å². The van der Waals surface area contributed by atoms with E-state index in [1.165, 1.54) is 0 Å². The summed E-state index contributed by atoms with van der Waals surface area (Å²) in [6, 6.07) is 15.3. The number of aryl methyl sites for hydroxylation is 3. The fourth-order valence-electron chi connectivity index (χ4n) is 3.03. The maximum atomic E-state index is 12.7. The Morgan fingerprint density at radius 2 is 1.67 bits per heavy atom. The van der Waals surface area contributed by atoms with E-state index in [1.54, 1.807) is 12.1 Å². The van der Waals surface area contributed by atoms with Gasteiger partial charge in [0.15, 0.2) is 0 Å². The Hall–Kier alpha value is -2.44. The Morgan fingerprint density at radius 3 is 2.33 bits per heavy atom. The summed E-state index contributed by atoms with van der Waals surface area (Å²) < 4.78 is 29.9. The second-order valence-electron chi connectivity index (χ2n) is 6.86. The van der Waals surface area contributed by atoms with Crippen molar-refractivity contribution in [1.29, 1.82) is 0 Å². The first-order valence-electron chi connectivity index (χ1n) is 8.91. The van der Waals surface area contributed by atoms with Gasteiger partial charge in [0.1, 0.15) is 0 Å². The summed E-state index contributed by atoms with van der Waals surface area (Å²) in [7, 11) is -3.57. The second-order valence-corrected chi connectivity index (χ2v) is 8.63. The van der Waals surface area contributed by atoms with Gasteiger partial charge in [0.25, 0.3) is 0 Å². The van der Waals surface area contributed by atoms with E-state index in [2.05, 4.69) is 22.0 Å². The molecule has 0 unspecified atom stereocenters. The molecule has 0 spiro atoms. The van der Waals surface area contributed by atoms with Crippen molar-refractivity contribution in [3.63, 3.8) is 0 Å². The lowest BCUT2D eigenvalue weighted by molar-refractivity contribution is 0.580. The summed E-state index contributed by atoms with van der Waals surface area (Å²) in [5.41, 5.74) is 5.91. The molecule has 142 valence electrons. The minimum absolute atomic E-state index is 0.224. The molecule has 0 saturated heterocycles. The summed E-state index contributed by atoms with van der Waals surface area (Å²) in [6.45, 7) is 8.65. The molecule has 3 rings (SSSR count). The summed E-state index contributed by atoms with van der Waals surface area (Å²) >= 11 is 0. The van der Waals surface area contributed by atoms with Crippen LogP contribution >= 0.6 is 0 Å². The fraction of sp³-hybridized carbons (Fsp3) is 0.286. The monoisotopic (exact) mass is 383 g/mol. The predicted molar refractivity (Wildman–Crippen MR) is 107 cm³/mol. The van der Waals surface area contributed by atoms with E-state index in [-0.39, 0.29) is 11.4 Å². The van der Waals surface area contributed by atoms with Crippen molar-refractivity contribution in [1.82, 2.24) is 14.5 Å². The molecule has 1 N–H and O–H groups in total. The molecule has 0 atom stereocenters. The molecule has 0 saturated carbocycles. The van der Waals surface area contributed by atoms with E-state index < -0.39 is 10.0 Å². The number of sulfonamides is 1. The highest BCUT2D eigenvalue weighted by molar-refractivity contribution is 7.89. The van der Waals surface area contributed by atoms with Crippen LogP contribution in [0.1, 0.15) is 33.6 Å². The van der Waals surface area contributed by atoms with Gasteiger partial charge in [-0.3, -0.25) is 4.68 Å². The molecular formula is C21H25N3O2S. The van der Waals surface area contributed by atoms with Gasteiger partial charge in [0.05, 0.1) is 17.1 Å². The third-order valence-corrected chi connectivity index (χ3v) is 6.33. The second kappa shape index (κ2) is 7.66. The van der Waals surface area contributed by atoms with Gasteiger partial charge in [-0.05, 0) is 56.5 Å². The maximum Gasteiger partial charge on any atom is 0.240 e. The van der Waals surface area contributed by atoms with E-state index in [0.29, 0.717) is 6.54 Å². The molecule has 0 bridgehead atoms. The molecule has 6 heteroatoms. The van der Waals surface area contributed by atoms with Crippen LogP contribution in [0.25, 0.3) is 0 Å². The molecule has 27 heavy (non-hydrogen) atoms. The highest BCUT2D eigenvalue weighted by Crippen LogP contribution is 2.18. The zero-order valence-corrected chi connectivity index (χ0v) is 17.0. The van der Waals surface area contributed by atoms with E-state index in [9.17, 15) is 8.42 Å². The lowest BCUT2D eigenvalue weighted by Crippen LogP contribution is -2.24. The van der Waals surface area contributed by atoms with Crippen LogP contribution in [0, 0.1) is 27.7 Å². The number of rotatable bonds is 6. The van der Waals surface area contributed by atoms with E-state index in [1.807, 2.05) is 56.6 Å². The average molecular weight is 384 g/mol. The highest BCUT2D eigenvalue weighted by Gasteiger charge is 2.18. The van der Waals surface area contributed by atoms with Crippen LogP contribution in [0.2, 0.25) is 0 Å². The highest BCUT2D eigenvalue weighted by atomic mass is 32.2. The van der Waals surface area contributed by atoms with Crippen LogP contribution in [0.4, 0.5) is 0 Å². The van der Waals surface area contributed by atoms with E-state index in [4.69, 9.17) is 0 Å². The molecule has 0 aliphatic rings. The van der Waals surface area contributed by atoms with Gasteiger partial charge in [-0.15, -0.1) is 0 Å². The quantitative estimate of drug-likeness (QED) is 0.707. The maximum absolute atomic E-state index is 12.7. The van der Waals surface area contributed by atoms with Crippen LogP contribution in [0.15, 0.2) is 53.4 Å². The Balaban J connectivity index is 1.78. The van der Waals surface area contributed by atoms with Gasteiger partial charge in [0, 0.05) is 17.8 Å². The van der Waals surface area contributed by atoms with Crippen LogP contribution in [0.5, 0.6) is 0 Å². The summed E-state index contributed by atoms with van der Waals surface area (Å²) in [6.07, 6.45) is 0. The first-order chi connectivity index (χ1) is 12.8. The minimum Gasteiger partial charge on any atom is -0.265 e. The first-order valence-corrected chi connectivity index (χ1v) is 10.4. The topological polar surface area (TPSA) is 64.0 Å². The summed E-state index contributed by atoms with van der Waals surface area (Å²) in [4.78, 5) is 0.289. The van der Waals surface area contributed by atoms with E-state index in [0.717, 1.165) is 33.6 Å². The molecule has 0 aliphatic carbocycles. The Bertz CT molecular complexity index is 1050. The molecule has 5 nitrogen and oxygen atoms in total. The molecule has 3 aromatic rings. The van der Waals surface area contributed by atoms with Crippen molar-refractivity contribution in [2.45, 2.75) is 45.7 Å². The van der Waals surface area contributed by atoms with Crippen molar-refractivity contribution < 1.29 is 8.42 Å². The van der Waals surface area contributed by atoms with Crippen LogP contribution < -0.4 is 4.72 Å². The number of benzene rings is 2. The zero-order valence-electron chi connectivity index (χ0n) is 16.2. The van der Waals surface area contributed by atoms with Gasteiger partial charge < -0.3 is 0 Å². The Kier molecular flexibility index (Phi) is 5.48. The standard InChI is InChI=1S/C21H25N3O2S/c1-15-10-11-20(12-16(15)2)27(25,26)22-13-21-17(3)23-24(18(21)4)14-19-8-6-5-7-9-19/h5-12,22H,13-14H2,1-4H3. The SMILES string of the molecule is Cc1ccc(S(=O)(=O)NCc2c(C)nn(Cc3ccccc3)c2C)cc1C. The van der Waals surface area contributed by atoms with Crippen molar-refractivity contribution in [3.8, 4) is 0 Å². The lowest BCUT2D eigenvalue weighted by Gasteiger charge is -2.10. The Labute approximate surface area is 161 Å². The zero-order chi connectivity index (χ0) is 19.6. The smallest absolute Gasteiger partial charge is 0.240 e. The van der Waals surface area contributed by atoms with Crippen molar-refractivity contribution in [3.05, 3.63) is 82.2 Å². The minimum atomic E-state index is -3.57. The van der Waals surface area contributed by atoms with Crippen molar-refractivity contribution >= 4 is 10.0 Å².